The van der Waals surface area contributed by atoms with Crippen molar-refractivity contribution in [1.29, 1.82) is 0 Å². The third kappa shape index (κ3) is 3.48. The summed E-state index contributed by atoms with van der Waals surface area (Å²) >= 11 is 1.37. The van der Waals surface area contributed by atoms with Gasteiger partial charge in [0.05, 0.1) is 16.7 Å². The number of ether oxygens (including phenoxy) is 2. The lowest BCUT2D eigenvalue weighted by atomic mass is 10.0. The van der Waals surface area contributed by atoms with Crippen molar-refractivity contribution in [1.82, 2.24) is 0 Å². The molecule has 23 heavy (non-hydrogen) atoms. The van der Waals surface area contributed by atoms with E-state index in [0.29, 0.717) is 47.3 Å². The number of nitrogens with one attached hydrogen (secondary N) is 1. The molecule has 0 saturated heterocycles. The van der Waals surface area contributed by atoms with Crippen molar-refractivity contribution in [2.24, 2.45) is 0 Å². The highest BCUT2D eigenvalue weighted by Crippen LogP contribution is 2.39. The SMILES string of the molecule is CCC[C@@H](O)c1cc2c(cc1NC(=O)c1cccs1)OCCO2. The number of carbonyl (C=O) groups excluding carboxylic acids is 1. The lowest BCUT2D eigenvalue weighted by molar-refractivity contribution is 0.103. The van der Waals surface area contributed by atoms with Crippen LogP contribution in [0.5, 0.6) is 11.5 Å². The van der Waals surface area contributed by atoms with Gasteiger partial charge in [0.2, 0.25) is 0 Å². The predicted octanol–water partition coefficient (Wildman–Crippen LogP) is 3.61. The molecule has 0 unspecified atom stereocenters. The Hall–Kier alpha value is -2.05. The molecule has 2 heterocycles. The Labute approximate surface area is 138 Å². The highest BCUT2D eigenvalue weighted by atomic mass is 32.1. The van der Waals surface area contributed by atoms with Crippen LogP contribution in [0.4, 0.5) is 5.69 Å². The van der Waals surface area contributed by atoms with E-state index in [0.717, 1.165) is 6.42 Å². The number of amides is 1. The molecule has 5 nitrogen and oxygen atoms in total. The fraction of sp³-hybridized carbons (Fsp3) is 0.353. The van der Waals surface area contributed by atoms with Gasteiger partial charge in [0.25, 0.3) is 5.91 Å². The van der Waals surface area contributed by atoms with Crippen LogP contribution in [0.15, 0.2) is 29.6 Å². The Morgan fingerprint density at radius 2 is 2.09 bits per heavy atom. The Balaban J connectivity index is 1.94. The second-order valence-electron chi connectivity index (χ2n) is 5.32. The second-order valence-corrected chi connectivity index (χ2v) is 6.27. The van der Waals surface area contributed by atoms with E-state index < -0.39 is 6.10 Å². The molecule has 2 aromatic rings. The normalized spacial score (nSPS) is 14.3. The molecule has 0 aliphatic carbocycles. The average Bonchev–Trinajstić information content (AvgIpc) is 3.09. The molecule has 1 aromatic carbocycles. The zero-order valence-corrected chi connectivity index (χ0v) is 13.7. The quantitative estimate of drug-likeness (QED) is 0.877. The third-order valence-corrected chi connectivity index (χ3v) is 4.50. The standard InChI is InChI=1S/C17H19NO4S/c1-2-4-13(19)11-9-14-15(22-7-6-21-14)10-12(11)18-17(20)16-5-3-8-23-16/h3,5,8-10,13,19H,2,4,6-7H2,1H3,(H,18,20)/t13-/m1/s1. The van der Waals surface area contributed by atoms with Gasteiger partial charge in [-0.1, -0.05) is 19.4 Å². The van der Waals surface area contributed by atoms with E-state index in [1.807, 2.05) is 18.4 Å². The molecule has 0 saturated carbocycles. The Bertz CT molecular complexity index is 684. The van der Waals surface area contributed by atoms with E-state index in [-0.39, 0.29) is 5.91 Å². The van der Waals surface area contributed by atoms with Gasteiger partial charge in [-0.3, -0.25) is 4.79 Å². The van der Waals surface area contributed by atoms with Crippen LogP contribution >= 0.6 is 11.3 Å². The van der Waals surface area contributed by atoms with Crippen LogP contribution in [-0.2, 0) is 0 Å². The number of fused-ring (bicyclic) bond motifs is 1. The van der Waals surface area contributed by atoms with Crippen molar-refractivity contribution < 1.29 is 19.4 Å². The molecule has 0 radical (unpaired) electrons. The second kappa shape index (κ2) is 7.02. The summed E-state index contributed by atoms with van der Waals surface area (Å²) in [4.78, 5) is 12.9. The molecule has 122 valence electrons. The summed E-state index contributed by atoms with van der Waals surface area (Å²) in [5, 5.41) is 15.1. The van der Waals surface area contributed by atoms with Gasteiger partial charge < -0.3 is 19.9 Å². The van der Waals surface area contributed by atoms with Gasteiger partial charge in [-0.25, -0.2) is 0 Å². The van der Waals surface area contributed by atoms with Crippen molar-refractivity contribution in [3.8, 4) is 11.5 Å². The van der Waals surface area contributed by atoms with Crippen LogP contribution in [0.3, 0.4) is 0 Å². The van der Waals surface area contributed by atoms with E-state index in [2.05, 4.69) is 5.32 Å². The summed E-state index contributed by atoms with van der Waals surface area (Å²) in [6.07, 6.45) is 0.796. The summed E-state index contributed by atoms with van der Waals surface area (Å²) < 4.78 is 11.2. The first kappa shape index (κ1) is 15.8. The molecule has 3 rings (SSSR count). The van der Waals surface area contributed by atoms with Gasteiger partial charge in [-0.05, 0) is 23.9 Å². The minimum Gasteiger partial charge on any atom is -0.486 e. The van der Waals surface area contributed by atoms with Crippen molar-refractivity contribution in [3.05, 3.63) is 40.1 Å². The zero-order chi connectivity index (χ0) is 16.2. The van der Waals surface area contributed by atoms with Gasteiger partial charge in [0.1, 0.15) is 13.2 Å². The van der Waals surface area contributed by atoms with E-state index >= 15 is 0 Å². The van der Waals surface area contributed by atoms with E-state index in [1.165, 1.54) is 11.3 Å². The minimum atomic E-state index is -0.658. The number of anilines is 1. The van der Waals surface area contributed by atoms with Crippen molar-refractivity contribution in [2.75, 3.05) is 18.5 Å². The number of aliphatic hydroxyl groups excluding tert-OH is 1. The number of thiophene rings is 1. The highest BCUT2D eigenvalue weighted by molar-refractivity contribution is 7.12. The van der Waals surface area contributed by atoms with Gasteiger partial charge in [0, 0.05) is 11.6 Å². The van der Waals surface area contributed by atoms with Gasteiger partial charge >= 0.3 is 0 Å². The predicted molar refractivity (Wildman–Crippen MR) is 89.6 cm³/mol. The molecule has 1 atom stereocenters. The maximum absolute atomic E-state index is 12.3. The molecule has 1 aromatic heterocycles. The number of rotatable bonds is 5. The smallest absolute Gasteiger partial charge is 0.265 e. The fourth-order valence-corrected chi connectivity index (χ4v) is 3.13. The van der Waals surface area contributed by atoms with Crippen LogP contribution in [0.25, 0.3) is 0 Å². The first-order valence-corrected chi connectivity index (χ1v) is 8.53. The molecule has 2 N–H and O–H groups in total. The van der Waals surface area contributed by atoms with E-state index in [9.17, 15) is 9.90 Å². The van der Waals surface area contributed by atoms with Gasteiger partial charge in [-0.2, -0.15) is 0 Å². The van der Waals surface area contributed by atoms with Crippen LogP contribution in [-0.4, -0.2) is 24.2 Å². The molecule has 0 bridgehead atoms. The third-order valence-electron chi connectivity index (χ3n) is 3.63. The molecule has 1 amide bonds. The molecule has 6 heteroatoms. The van der Waals surface area contributed by atoms with Crippen LogP contribution in [0.1, 0.15) is 41.1 Å². The van der Waals surface area contributed by atoms with Crippen molar-refractivity contribution in [2.45, 2.75) is 25.9 Å². The largest absolute Gasteiger partial charge is 0.486 e. The number of hydrogen-bond donors (Lipinski definition) is 2. The summed E-state index contributed by atoms with van der Waals surface area (Å²) in [6, 6.07) is 7.09. The molecule has 0 spiro atoms. The maximum atomic E-state index is 12.3. The summed E-state index contributed by atoms with van der Waals surface area (Å²) in [5.41, 5.74) is 1.22. The highest BCUT2D eigenvalue weighted by Gasteiger charge is 2.21. The zero-order valence-electron chi connectivity index (χ0n) is 12.9. The first-order chi connectivity index (χ1) is 11.2. The van der Waals surface area contributed by atoms with Crippen LogP contribution in [0.2, 0.25) is 0 Å². The monoisotopic (exact) mass is 333 g/mol. The molecule has 1 aliphatic heterocycles. The van der Waals surface area contributed by atoms with E-state index in [1.54, 1.807) is 18.2 Å². The molecular formula is C17H19NO4S. The first-order valence-electron chi connectivity index (χ1n) is 7.65. The minimum absolute atomic E-state index is 0.193. The number of hydrogen-bond acceptors (Lipinski definition) is 5. The number of carbonyl (C=O) groups is 1. The van der Waals surface area contributed by atoms with E-state index in [4.69, 9.17) is 9.47 Å². The summed E-state index contributed by atoms with van der Waals surface area (Å²) in [6.45, 7) is 2.96. The van der Waals surface area contributed by atoms with Gasteiger partial charge in [-0.15, -0.1) is 11.3 Å². The Kier molecular flexibility index (Phi) is 4.83. The summed E-state index contributed by atoms with van der Waals surface area (Å²) in [5.74, 6) is 1.00. The number of aliphatic hydroxyl groups is 1. The topological polar surface area (TPSA) is 67.8 Å². The van der Waals surface area contributed by atoms with Crippen molar-refractivity contribution >= 4 is 22.9 Å². The van der Waals surface area contributed by atoms with Crippen LogP contribution < -0.4 is 14.8 Å². The van der Waals surface area contributed by atoms with Crippen molar-refractivity contribution in [3.63, 3.8) is 0 Å². The van der Waals surface area contributed by atoms with Crippen LogP contribution in [0, 0.1) is 0 Å². The molecule has 1 aliphatic rings. The molecule has 0 fully saturated rings. The Morgan fingerprint density at radius 3 is 2.74 bits per heavy atom. The maximum Gasteiger partial charge on any atom is 0.265 e. The average molecular weight is 333 g/mol. The number of benzene rings is 1. The lowest BCUT2D eigenvalue weighted by Gasteiger charge is -2.23. The fourth-order valence-electron chi connectivity index (χ4n) is 2.51. The molecular weight excluding hydrogens is 314 g/mol. The van der Waals surface area contributed by atoms with Gasteiger partial charge in [0.15, 0.2) is 11.5 Å². The lowest BCUT2D eigenvalue weighted by Crippen LogP contribution is -2.18. The Morgan fingerprint density at radius 1 is 1.35 bits per heavy atom. The summed E-state index contributed by atoms with van der Waals surface area (Å²) in [7, 11) is 0.